The molecular formula is C37H41N5O5. The molecule has 0 unspecified atom stereocenters. The highest BCUT2D eigenvalue weighted by molar-refractivity contribution is 6.04. The number of carbonyl (C=O) groups excluding carboxylic acids is 3. The second kappa shape index (κ2) is 17.9. The van der Waals surface area contributed by atoms with Gasteiger partial charge >= 0.3 is 6.09 Å². The first-order valence-corrected chi connectivity index (χ1v) is 15.6. The van der Waals surface area contributed by atoms with Crippen molar-refractivity contribution in [3.05, 3.63) is 137 Å². The molecule has 0 saturated carbocycles. The maximum absolute atomic E-state index is 13.3. The Labute approximate surface area is 275 Å². The number of rotatable bonds is 15. The molecule has 0 aromatic heterocycles. The number of aryl methyl sites for hydroxylation is 1. The number of hydrogen-bond donors (Lipinski definition) is 6. The topological polar surface area (TPSA) is 153 Å². The highest BCUT2D eigenvalue weighted by Gasteiger charge is 2.22. The van der Waals surface area contributed by atoms with Crippen LogP contribution in [0.2, 0.25) is 0 Å². The fourth-order valence-electron chi connectivity index (χ4n) is 4.78. The average molecular weight is 636 g/mol. The monoisotopic (exact) mass is 635 g/mol. The fourth-order valence-corrected chi connectivity index (χ4v) is 4.78. The van der Waals surface area contributed by atoms with E-state index >= 15 is 0 Å². The van der Waals surface area contributed by atoms with Crippen molar-refractivity contribution in [3.8, 4) is 5.75 Å². The maximum atomic E-state index is 13.3. The lowest BCUT2D eigenvalue weighted by Gasteiger charge is -2.21. The Morgan fingerprint density at radius 3 is 2.00 bits per heavy atom. The maximum Gasteiger partial charge on any atom is 0.413 e. The molecule has 0 aliphatic rings. The number of amides is 3. The molecular weight excluding hydrogens is 594 g/mol. The fraction of sp³-hybridized carbons (Fsp3) is 0.243. The molecule has 0 heterocycles. The lowest BCUT2D eigenvalue weighted by molar-refractivity contribution is -0.129. The molecule has 0 fully saturated rings. The van der Waals surface area contributed by atoms with E-state index in [0.29, 0.717) is 31.4 Å². The molecule has 10 heteroatoms. The van der Waals surface area contributed by atoms with Crippen LogP contribution in [0.25, 0.3) is 0 Å². The molecule has 4 rings (SSSR count). The third-order valence-electron chi connectivity index (χ3n) is 7.52. The molecule has 244 valence electrons. The molecule has 0 bridgehead atoms. The van der Waals surface area contributed by atoms with Crippen LogP contribution in [0.4, 0.5) is 4.79 Å². The van der Waals surface area contributed by atoms with Gasteiger partial charge in [-0.3, -0.25) is 20.3 Å². The first kappa shape index (κ1) is 34.4. The van der Waals surface area contributed by atoms with Crippen LogP contribution < -0.4 is 21.3 Å². The quantitative estimate of drug-likeness (QED) is 0.0830. The van der Waals surface area contributed by atoms with Gasteiger partial charge in [0.25, 0.3) is 0 Å². The summed E-state index contributed by atoms with van der Waals surface area (Å²) in [7, 11) is 0. The van der Waals surface area contributed by atoms with Gasteiger partial charge in [0.2, 0.25) is 11.8 Å². The van der Waals surface area contributed by atoms with E-state index in [1.54, 1.807) is 43.3 Å². The van der Waals surface area contributed by atoms with E-state index in [1.165, 1.54) is 0 Å². The number of hydrogen-bond acceptors (Lipinski definition) is 7. The van der Waals surface area contributed by atoms with E-state index in [-0.39, 0.29) is 36.6 Å². The summed E-state index contributed by atoms with van der Waals surface area (Å²) < 4.78 is 5.17. The highest BCUT2D eigenvalue weighted by Crippen LogP contribution is 2.11. The van der Waals surface area contributed by atoms with Gasteiger partial charge in [0.15, 0.2) is 0 Å². The normalized spacial score (nSPS) is 11.9. The molecule has 6 N–H and O–H groups in total. The van der Waals surface area contributed by atoms with Crippen molar-refractivity contribution in [2.24, 2.45) is 0 Å². The number of benzene rings is 4. The van der Waals surface area contributed by atoms with E-state index in [2.05, 4.69) is 21.3 Å². The first-order valence-electron chi connectivity index (χ1n) is 15.6. The van der Waals surface area contributed by atoms with E-state index < -0.39 is 18.2 Å². The van der Waals surface area contributed by atoms with Crippen molar-refractivity contribution < 1.29 is 24.2 Å². The zero-order chi connectivity index (χ0) is 33.4. The summed E-state index contributed by atoms with van der Waals surface area (Å²) >= 11 is 0. The molecule has 4 aromatic carbocycles. The van der Waals surface area contributed by atoms with Crippen LogP contribution in [0.15, 0.2) is 109 Å². The minimum atomic E-state index is -0.765. The van der Waals surface area contributed by atoms with Gasteiger partial charge in [0.1, 0.15) is 24.2 Å². The van der Waals surface area contributed by atoms with Gasteiger partial charge < -0.3 is 25.8 Å². The highest BCUT2D eigenvalue weighted by atomic mass is 16.5. The molecule has 2 atom stereocenters. The molecule has 0 spiro atoms. The Hall–Kier alpha value is -5.48. The van der Waals surface area contributed by atoms with Crippen LogP contribution in [0.3, 0.4) is 0 Å². The van der Waals surface area contributed by atoms with Crippen molar-refractivity contribution in [2.75, 3.05) is 6.54 Å². The lowest BCUT2D eigenvalue weighted by atomic mass is 10.0. The van der Waals surface area contributed by atoms with Crippen molar-refractivity contribution in [1.29, 1.82) is 5.41 Å². The van der Waals surface area contributed by atoms with Gasteiger partial charge in [-0.1, -0.05) is 97.1 Å². The Kier molecular flexibility index (Phi) is 13.1. The Bertz CT molecular complexity index is 1600. The third kappa shape index (κ3) is 11.8. The number of nitrogens with one attached hydrogen (secondary N) is 5. The van der Waals surface area contributed by atoms with Gasteiger partial charge in [0, 0.05) is 12.1 Å². The second-order valence-corrected chi connectivity index (χ2v) is 11.2. The zero-order valence-electron chi connectivity index (χ0n) is 26.4. The standard InChI is InChI=1S/C37H41N5O5/c1-26(41-36(45)33(21-16-27-8-4-2-5-9-27)39-23-22-28-14-19-32(43)20-15-28)35(44)40-24-29-12-17-31(18-13-29)34(38)42-37(46)47-25-30-10-6-3-7-11-30/h2-15,17-20,26,33,39,43H,16,21-25H2,1H3,(H,40,44)(H,41,45)(H2,38,42,46)/t26-,33+/m0/s1. The number of ether oxygens (including phenoxy) is 1. The minimum absolute atomic E-state index is 0.101. The first-order chi connectivity index (χ1) is 22.8. The summed E-state index contributed by atoms with van der Waals surface area (Å²) in [5.74, 6) is -0.484. The molecule has 47 heavy (non-hydrogen) atoms. The number of phenols is 1. The second-order valence-electron chi connectivity index (χ2n) is 11.2. The predicted octanol–water partition coefficient (Wildman–Crippen LogP) is 4.60. The van der Waals surface area contributed by atoms with Gasteiger partial charge in [-0.25, -0.2) is 4.79 Å². The average Bonchev–Trinajstić information content (AvgIpc) is 3.09. The van der Waals surface area contributed by atoms with Crippen LogP contribution in [0.5, 0.6) is 5.75 Å². The summed E-state index contributed by atoms with van der Waals surface area (Å²) in [6.45, 7) is 2.52. The van der Waals surface area contributed by atoms with Crippen molar-refractivity contribution in [1.82, 2.24) is 21.3 Å². The molecule has 3 amide bonds. The molecule has 0 aliphatic heterocycles. The van der Waals surface area contributed by atoms with Gasteiger partial charge in [-0.05, 0) is 67.1 Å². The zero-order valence-corrected chi connectivity index (χ0v) is 26.4. The van der Waals surface area contributed by atoms with Crippen LogP contribution in [-0.4, -0.2) is 47.5 Å². The summed E-state index contributed by atoms with van der Waals surface area (Å²) in [4.78, 5) is 38.3. The van der Waals surface area contributed by atoms with Crippen molar-refractivity contribution >= 4 is 23.7 Å². The van der Waals surface area contributed by atoms with E-state index in [9.17, 15) is 19.5 Å². The SMILES string of the molecule is C[C@H](NC(=O)[C@@H](CCc1ccccc1)NCCc1ccc(O)cc1)C(=O)NCc1ccc(C(=N)NC(=O)OCc2ccccc2)cc1. The Morgan fingerprint density at radius 1 is 0.745 bits per heavy atom. The number of carbonyl (C=O) groups is 3. The number of amidine groups is 1. The van der Waals surface area contributed by atoms with Crippen LogP contribution >= 0.6 is 0 Å². The number of aromatic hydroxyl groups is 1. The van der Waals surface area contributed by atoms with Crippen LogP contribution in [0, 0.1) is 5.41 Å². The summed E-state index contributed by atoms with van der Waals surface area (Å²) in [6.07, 6.45) is 1.21. The summed E-state index contributed by atoms with van der Waals surface area (Å²) in [6, 6.07) is 31.7. The number of phenolic OH excluding ortho intramolecular Hbond substituents is 1. The largest absolute Gasteiger partial charge is 0.508 e. The van der Waals surface area contributed by atoms with E-state index in [0.717, 1.165) is 22.3 Å². The third-order valence-corrected chi connectivity index (χ3v) is 7.52. The van der Waals surface area contributed by atoms with Crippen molar-refractivity contribution in [2.45, 2.75) is 51.4 Å². The molecule has 4 aromatic rings. The van der Waals surface area contributed by atoms with Gasteiger partial charge in [-0.15, -0.1) is 0 Å². The van der Waals surface area contributed by atoms with E-state index in [1.807, 2.05) is 72.8 Å². The summed E-state index contributed by atoms with van der Waals surface area (Å²) in [5, 5.41) is 29.1. The lowest BCUT2D eigenvalue weighted by Crippen LogP contribution is -2.52. The number of alkyl carbamates (subject to hydrolysis) is 1. The van der Waals surface area contributed by atoms with Crippen LogP contribution in [0.1, 0.15) is 41.2 Å². The minimum Gasteiger partial charge on any atom is -0.508 e. The van der Waals surface area contributed by atoms with E-state index in [4.69, 9.17) is 10.1 Å². The smallest absolute Gasteiger partial charge is 0.413 e. The molecule has 0 radical (unpaired) electrons. The molecule has 10 nitrogen and oxygen atoms in total. The Morgan fingerprint density at radius 2 is 1.34 bits per heavy atom. The van der Waals surface area contributed by atoms with Gasteiger partial charge in [-0.2, -0.15) is 0 Å². The molecule has 0 saturated heterocycles. The Balaban J connectivity index is 1.23. The predicted molar refractivity (Wildman–Crippen MR) is 181 cm³/mol. The summed E-state index contributed by atoms with van der Waals surface area (Å²) in [5.41, 5.74) is 4.27. The van der Waals surface area contributed by atoms with Gasteiger partial charge in [0.05, 0.1) is 6.04 Å². The van der Waals surface area contributed by atoms with Crippen LogP contribution in [-0.2, 0) is 40.3 Å². The molecule has 0 aliphatic carbocycles. The van der Waals surface area contributed by atoms with Crippen molar-refractivity contribution in [3.63, 3.8) is 0 Å².